The van der Waals surface area contributed by atoms with Crippen LogP contribution in [-0.4, -0.2) is 20.2 Å². The highest BCUT2D eigenvalue weighted by molar-refractivity contribution is 7.88. The fourth-order valence-corrected chi connectivity index (χ4v) is 1.50. The average Bonchev–Trinajstić information content (AvgIpc) is 2.15. The lowest BCUT2D eigenvalue weighted by Crippen LogP contribution is -2.28. The lowest BCUT2D eigenvalue weighted by atomic mass is 10.2. The zero-order chi connectivity index (χ0) is 13.3. The summed E-state index contributed by atoms with van der Waals surface area (Å²) in [6.45, 7) is 0. The topological polar surface area (TPSA) is 60.4 Å². The van der Waals surface area contributed by atoms with Crippen LogP contribution in [0.3, 0.4) is 0 Å². The summed E-state index contributed by atoms with van der Waals surface area (Å²) >= 11 is 5.49. The molecule has 0 aliphatic carbocycles. The summed E-state index contributed by atoms with van der Waals surface area (Å²) in [5.74, 6) is -0.627. The van der Waals surface area contributed by atoms with Gasteiger partial charge in [-0.25, -0.2) is 0 Å². The number of rotatable bonds is 3. The van der Waals surface area contributed by atoms with Crippen molar-refractivity contribution in [3.05, 3.63) is 28.8 Å². The van der Waals surface area contributed by atoms with E-state index in [2.05, 4.69) is 4.18 Å². The molecule has 0 aliphatic rings. The maximum Gasteiger partial charge on any atom is 0.534 e. The first-order valence-electron chi connectivity index (χ1n) is 3.93. The van der Waals surface area contributed by atoms with Crippen LogP contribution in [0.25, 0.3) is 0 Å². The molecule has 94 valence electrons. The predicted molar refractivity (Wildman–Crippen MR) is 52.4 cm³/mol. The first-order valence-corrected chi connectivity index (χ1v) is 5.71. The minimum Gasteiger partial charge on any atom is -0.376 e. The molecule has 1 aromatic carbocycles. The molecule has 0 aliphatic heterocycles. The molecule has 0 heterocycles. The molecule has 0 N–H and O–H groups in total. The summed E-state index contributed by atoms with van der Waals surface area (Å²) in [5, 5.41) is -0.213. The van der Waals surface area contributed by atoms with E-state index in [1.165, 1.54) is 0 Å². The van der Waals surface area contributed by atoms with Gasteiger partial charge in [-0.2, -0.15) is 21.6 Å². The van der Waals surface area contributed by atoms with Crippen molar-refractivity contribution in [1.82, 2.24) is 0 Å². The lowest BCUT2D eigenvalue weighted by Gasteiger charge is -2.09. The van der Waals surface area contributed by atoms with Gasteiger partial charge in [-0.1, -0.05) is 11.6 Å². The highest BCUT2D eigenvalue weighted by Crippen LogP contribution is 2.28. The smallest absolute Gasteiger partial charge is 0.376 e. The van der Waals surface area contributed by atoms with Gasteiger partial charge < -0.3 is 4.18 Å². The number of halogens is 4. The van der Waals surface area contributed by atoms with E-state index in [4.69, 9.17) is 11.6 Å². The van der Waals surface area contributed by atoms with Crippen LogP contribution in [0.2, 0.25) is 5.02 Å². The fraction of sp³-hybridized carbons (Fsp3) is 0.125. The highest BCUT2D eigenvalue weighted by Gasteiger charge is 2.48. The summed E-state index contributed by atoms with van der Waals surface area (Å²) in [4.78, 5) is 10.4. The minimum atomic E-state index is -5.73. The molecule has 0 spiro atoms. The molecular weight excluding hydrogens is 285 g/mol. The van der Waals surface area contributed by atoms with Crippen molar-refractivity contribution in [3.63, 3.8) is 0 Å². The Morgan fingerprint density at radius 3 is 2.29 bits per heavy atom. The molecule has 0 bridgehead atoms. The van der Waals surface area contributed by atoms with E-state index in [1.807, 2.05) is 0 Å². The van der Waals surface area contributed by atoms with Crippen molar-refractivity contribution < 1.29 is 30.6 Å². The van der Waals surface area contributed by atoms with Gasteiger partial charge >= 0.3 is 15.6 Å². The third kappa shape index (κ3) is 3.10. The number of carbonyl (C=O) groups is 1. The average molecular weight is 289 g/mol. The van der Waals surface area contributed by atoms with Crippen LogP contribution < -0.4 is 4.18 Å². The van der Waals surface area contributed by atoms with Gasteiger partial charge in [0, 0.05) is 11.6 Å². The van der Waals surface area contributed by atoms with Crippen LogP contribution in [0.15, 0.2) is 18.2 Å². The second kappa shape index (κ2) is 4.53. The van der Waals surface area contributed by atoms with E-state index in [1.54, 1.807) is 0 Å². The molecule has 0 fully saturated rings. The van der Waals surface area contributed by atoms with Crippen LogP contribution in [0.5, 0.6) is 5.75 Å². The summed E-state index contributed by atoms with van der Waals surface area (Å²) in [5.41, 5.74) is -5.52. The SMILES string of the molecule is O=Cc1ccc(OS(=O)(=O)C(F)(F)F)cc1Cl. The fourth-order valence-electron chi connectivity index (χ4n) is 0.829. The molecule has 0 unspecified atom stereocenters. The van der Waals surface area contributed by atoms with E-state index in [9.17, 15) is 26.4 Å². The molecule has 0 amide bonds. The van der Waals surface area contributed by atoms with Gasteiger partial charge in [0.05, 0.1) is 5.02 Å². The second-order valence-electron chi connectivity index (χ2n) is 2.78. The Balaban J connectivity index is 3.06. The van der Waals surface area contributed by atoms with Crippen molar-refractivity contribution in [2.75, 3.05) is 0 Å². The van der Waals surface area contributed by atoms with Gasteiger partial charge in [-0.05, 0) is 12.1 Å². The second-order valence-corrected chi connectivity index (χ2v) is 4.73. The van der Waals surface area contributed by atoms with Crippen molar-refractivity contribution in [2.45, 2.75) is 5.51 Å². The standard InChI is InChI=1S/C8H4ClF3O4S/c9-7-3-6(2-1-5(7)4-13)16-17(14,15)8(10,11)12/h1-4H. The largest absolute Gasteiger partial charge is 0.534 e. The van der Waals surface area contributed by atoms with Crippen LogP contribution in [-0.2, 0) is 10.1 Å². The van der Waals surface area contributed by atoms with Crippen LogP contribution >= 0.6 is 11.6 Å². The quantitative estimate of drug-likeness (QED) is 0.487. The van der Waals surface area contributed by atoms with Gasteiger partial charge in [0.1, 0.15) is 5.75 Å². The molecule has 1 rings (SSSR count). The highest BCUT2D eigenvalue weighted by atomic mass is 35.5. The molecule has 1 aromatic rings. The summed E-state index contributed by atoms with van der Waals surface area (Å²) in [6, 6.07) is 2.73. The first kappa shape index (κ1) is 13.8. The molecule has 17 heavy (non-hydrogen) atoms. The maximum atomic E-state index is 12.0. The molecule has 0 atom stereocenters. The molecule has 0 saturated heterocycles. The number of hydrogen-bond acceptors (Lipinski definition) is 4. The Kier molecular flexibility index (Phi) is 3.68. The summed E-state index contributed by atoms with van der Waals surface area (Å²) < 4.78 is 60.9. The van der Waals surface area contributed by atoms with Gasteiger partial charge in [0.2, 0.25) is 0 Å². The third-order valence-electron chi connectivity index (χ3n) is 1.59. The molecule has 4 nitrogen and oxygen atoms in total. The molecule has 0 saturated carbocycles. The van der Waals surface area contributed by atoms with E-state index in [0.717, 1.165) is 18.2 Å². The Morgan fingerprint density at radius 1 is 1.29 bits per heavy atom. The molecular formula is C8H4ClF3O4S. The number of hydrogen-bond donors (Lipinski definition) is 0. The predicted octanol–water partition coefficient (Wildman–Crippen LogP) is 2.38. The molecule has 0 aromatic heterocycles. The molecule has 0 radical (unpaired) electrons. The van der Waals surface area contributed by atoms with Crippen molar-refractivity contribution in [1.29, 1.82) is 0 Å². The lowest BCUT2D eigenvalue weighted by molar-refractivity contribution is -0.0500. The third-order valence-corrected chi connectivity index (χ3v) is 2.89. The first-order chi connectivity index (χ1) is 7.67. The Bertz CT molecular complexity index is 538. The van der Waals surface area contributed by atoms with Gasteiger partial charge in [-0.3, -0.25) is 4.79 Å². The Hall–Kier alpha value is -1.28. The molecule has 9 heteroatoms. The van der Waals surface area contributed by atoms with Crippen LogP contribution in [0.1, 0.15) is 10.4 Å². The number of alkyl halides is 3. The number of carbonyl (C=O) groups excluding carboxylic acids is 1. The summed E-state index contributed by atoms with van der Waals surface area (Å²) in [6.07, 6.45) is 0.365. The maximum absolute atomic E-state index is 12.0. The minimum absolute atomic E-state index is 0.00317. The summed E-state index contributed by atoms with van der Waals surface area (Å²) in [7, 11) is -5.73. The van der Waals surface area contributed by atoms with Crippen LogP contribution in [0, 0.1) is 0 Å². The van der Waals surface area contributed by atoms with E-state index in [0.29, 0.717) is 6.29 Å². The monoisotopic (exact) mass is 288 g/mol. The zero-order valence-corrected chi connectivity index (χ0v) is 9.43. The van der Waals surface area contributed by atoms with Crippen molar-refractivity contribution in [3.8, 4) is 5.75 Å². The Morgan fingerprint density at radius 2 is 1.88 bits per heavy atom. The van der Waals surface area contributed by atoms with Crippen molar-refractivity contribution in [2.24, 2.45) is 0 Å². The zero-order valence-electron chi connectivity index (χ0n) is 7.86. The normalized spacial score (nSPS) is 12.2. The van der Waals surface area contributed by atoms with E-state index in [-0.39, 0.29) is 10.6 Å². The van der Waals surface area contributed by atoms with E-state index >= 15 is 0 Å². The van der Waals surface area contributed by atoms with Gasteiger partial charge in [0.25, 0.3) is 0 Å². The number of benzene rings is 1. The van der Waals surface area contributed by atoms with Gasteiger partial charge in [-0.15, -0.1) is 0 Å². The van der Waals surface area contributed by atoms with Gasteiger partial charge in [0.15, 0.2) is 6.29 Å². The van der Waals surface area contributed by atoms with Crippen LogP contribution in [0.4, 0.5) is 13.2 Å². The number of aldehydes is 1. The van der Waals surface area contributed by atoms with Crippen molar-refractivity contribution >= 4 is 28.0 Å². The van der Waals surface area contributed by atoms with E-state index < -0.39 is 21.4 Å². The Labute approximate surface area is 99.1 Å².